The molecule has 1 saturated carbocycles. The van der Waals surface area contributed by atoms with Crippen LogP contribution in [0.4, 0.5) is 0 Å². The number of rotatable bonds is 6. The highest BCUT2D eigenvalue weighted by molar-refractivity contribution is 5.38. The van der Waals surface area contributed by atoms with Crippen molar-refractivity contribution in [2.24, 2.45) is 0 Å². The smallest absolute Gasteiger partial charge is 0.231 e. The zero-order valence-corrected chi connectivity index (χ0v) is 13.0. The third-order valence-electron chi connectivity index (χ3n) is 4.75. The predicted molar refractivity (Wildman–Crippen MR) is 82.3 cm³/mol. The quantitative estimate of drug-likeness (QED) is 0.885. The molecule has 1 aromatic carbocycles. The summed E-state index contributed by atoms with van der Waals surface area (Å²) < 4.78 is 5.56. The first-order chi connectivity index (χ1) is 10.2. The van der Waals surface area contributed by atoms with E-state index in [0.717, 1.165) is 31.0 Å². The summed E-state index contributed by atoms with van der Waals surface area (Å²) in [6.07, 6.45) is 3.25. The van der Waals surface area contributed by atoms with E-state index in [-0.39, 0.29) is 11.3 Å². The summed E-state index contributed by atoms with van der Waals surface area (Å²) in [5.74, 6) is 1.82. The van der Waals surface area contributed by atoms with Gasteiger partial charge >= 0.3 is 0 Å². The van der Waals surface area contributed by atoms with E-state index in [9.17, 15) is 0 Å². The largest absolute Gasteiger partial charge is 0.339 e. The van der Waals surface area contributed by atoms with E-state index >= 15 is 0 Å². The molecular formula is C17H23N3O. The standard InChI is InChI=1S/C17H23N3O/c1-4-14(18-3)12(2)15-19-16(20-21-15)17(10-11-17)13-8-6-5-7-9-13/h5-9,12,14,18H,4,10-11H2,1-3H3. The lowest BCUT2D eigenvalue weighted by Gasteiger charge is -2.18. The molecule has 2 unspecified atom stereocenters. The number of nitrogens with zero attached hydrogens (tertiary/aromatic N) is 2. The Labute approximate surface area is 126 Å². The molecule has 2 atom stereocenters. The van der Waals surface area contributed by atoms with Crippen LogP contribution in [-0.4, -0.2) is 23.2 Å². The summed E-state index contributed by atoms with van der Waals surface area (Å²) in [6.45, 7) is 4.31. The fraction of sp³-hybridized carbons (Fsp3) is 0.529. The van der Waals surface area contributed by atoms with Crippen molar-refractivity contribution in [2.75, 3.05) is 7.05 Å². The fourth-order valence-corrected chi connectivity index (χ4v) is 3.12. The van der Waals surface area contributed by atoms with Crippen molar-refractivity contribution in [3.05, 3.63) is 47.6 Å². The van der Waals surface area contributed by atoms with E-state index in [1.165, 1.54) is 5.56 Å². The number of hydrogen-bond donors (Lipinski definition) is 1. The van der Waals surface area contributed by atoms with Gasteiger partial charge < -0.3 is 9.84 Å². The van der Waals surface area contributed by atoms with Crippen LogP contribution in [0.15, 0.2) is 34.9 Å². The molecule has 0 radical (unpaired) electrons. The maximum absolute atomic E-state index is 5.56. The van der Waals surface area contributed by atoms with Gasteiger partial charge in [0.25, 0.3) is 0 Å². The first kappa shape index (κ1) is 14.3. The molecule has 4 nitrogen and oxygen atoms in total. The van der Waals surface area contributed by atoms with Crippen LogP contribution in [0, 0.1) is 0 Å². The summed E-state index contributed by atoms with van der Waals surface area (Å²) in [5, 5.41) is 7.60. The Balaban J connectivity index is 1.86. The highest BCUT2D eigenvalue weighted by atomic mass is 16.5. The predicted octanol–water partition coefficient (Wildman–Crippen LogP) is 3.25. The highest BCUT2D eigenvalue weighted by Crippen LogP contribution is 2.52. The molecule has 1 N–H and O–H groups in total. The van der Waals surface area contributed by atoms with Crippen molar-refractivity contribution in [3.63, 3.8) is 0 Å². The Morgan fingerprint density at radius 2 is 2.00 bits per heavy atom. The molecule has 0 saturated heterocycles. The lowest BCUT2D eigenvalue weighted by Crippen LogP contribution is -2.30. The Hall–Kier alpha value is -1.68. The normalized spacial score (nSPS) is 19.2. The molecule has 4 heteroatoms. The number of hydrogen-bond acceptors (Lipinski definition) is 4. The van der Waals surface area contributed by atoms with Crippen molar-refractivity contribution in [1.29, 1.82) is 0 Å². The second-order valence-corrected chi connectivity index (χ2v) is 6.00. The van der Waals surface area contributed by atoms with Gasteiger partial charge in [0, 0.05) is 6.04 Å². The fourth-order valence-electron chi connectivity index (χ4n) is 3.12. The van der Waals surface area contributed by atoms with Gasteiger partial charge in [0.1, 0.15) is 0 Å². The van der Waals surface area contributed by atoms with Gasteiger partial charge in [0.15, 0.2) is 5.82 Å². The van der Waals surface area contributed by atoms with E-state index < -0.39 is 0 Å². The van der Waals surface area contributed by atoms with Gasteiger partial charge in [-0.2, -0.15) is 4.98 Å². The third kappa shape index (κ3) is 2.48. The van der Waals surface area contributed by atoms with E-state index in [2.05, 4.69) is 48.6 Å². The average Bonchev–Trinajstić information content (AvgIpc) is 3.19. The molecular weight excluding hydrogens is 262 g/mol. The zero-order valence-electron chi connectivity index (χ0n) is 13.0. The summed E-state index contributed by atoms with van der Waals surface area (Å²) in [6, 6.07) is 10.9. The number of nitrogens with one attached hydrogen (secondary N) is 1. The molecule has 1 fully saturated rings. The van der Waals surface area contributed by atoms with E-state index in [0.29, 0.717) is 6.04 Å². The van der Waals surface area contributed by atoms with Crippen LogP contribution in [0.1, 0.15) is 56.3 Å². The van der Waals surface area contributed by atoms with Crippen LogP contribution in [0.25, 0.3) is 0 Å². The minimum absolute atomic E-state index is 0.00984. The van der Waals surface area contributed by atoms with Crippen LogP contribution >= 0.6 is 0 Å². The maximum Gasteiger partial charge on any atom is 0.231 e. The second-order valence-electron chi connectivity index (χ2n) is 6.00. The lowest BCUT2D eigenvalue weighted by atomic mass is 9.95. The minimum Gasteiger partial charge on any atom is -0.339 e. The van der Waals surface area contributed by atoms with Gasteiger partial charge in [0.2, 0.25) is 5.89 Å². The van der Waals surface area contributed by atoms with E-state index in [1.54, 1.807) is 0 Å². The first-order valence-electron chi connectivity index (χ1n) is 7.78. The SMILES string of the molecule is CCC(NC)C(C)c1nc(C2(c3ccccc3)CC2)no1. The van der Waals surface area contributed by atoms with E-state index in [1.807, 2.05) is 13.1 Å². The molecule has 1 aliphatic rings. The second kappa shape index (κ2) is 5.60. The molecule has 112 valence electrons. The molecule has 0 spiro atoms. The molecule has 1 heterocycles. The highest BCUT2D eigenvalue weighted by Gasteiger charge is 2.50. The van der Waals surface area contributed by atoms with Gasteiger partial charge in [-0.1, -0.05) is 49.3 Å². The molecule has 2 aromatic rings. The topological polar surface area (TPSA) is 51.0 Å². The van der Waals surface area contributed by atoms with Gasteiger partial charge in [0.05, 0.1) is 11.3 Å². The number of likely N-dealkylation sites (N-methyl/N-ethyl adjacent to an activating group) is 1. The molecule has 1 aliphatic carbocycles. The van der Waals surface area contributed by atoms with Crippen molar-refractivity contribution >= 4 is 0 Å². The van der Waals surface area contributed by atoms with Gasteiger partial charge in [-0.05, 0) is 31.9 Å². The van der Waals surface area contributed by atoms with Crippen LogP contribution < -0.4 is 5.32 Å². The summed E-state index contributed by atoms with van der Waals surface area (Å²) >= 11 is 0. The van der Waals surface area contributed by atoms with Crippen LogP contribution in [-0.2, 0) is 5.41 Å². The van der Waals surface area contributed by atoms with Crippen LogP contribution in [0.5, 0.6) is 0 Å². The lowest BCUT2D eigenvalue weighted by molar-refractivity contribution is 0.322. The monoisotopic (exact) mass is 285 g/mol. The third-order valence-corrected chi connectivity index (χ3v) is 4.75. The molecule has 3 rings (SSSR count). The maximum atomic E-state index is 5.56. The summed E-state index contributed by atoms with van der Waals surface area (Å²) in [7, 11) is 1.98. The first-order valence-corrected chi connectivity index (χ1v) is 7.78. The van der Waals surface area contributed by atoms with Crippen molar-refractivity contribution < 1.29 is 4.52 Å². The zero-order chi connectivity index (χ0) is 14.9. The molecule has 1 aromatic heterocycles. The van der Waals surface area contributed by atoms with Crippen molar-refractivity contribution in [1.82, 2.24) is 15.5 Å². The van der Waals surface area contributed by atoms with Crippen molar-refractivity contribution in [2.45, 2.75) is 50.5 Å². The van der Waals surface area contributed by atoms with Crippen LogP contribution in [0.3, 0.4) is 0 Å². The molecule has 0 amide bonds. The Morgan fingerprint density at radius 3 is 2.57 bits per heavy atom. The average molecular weight is 285 g/mol. The van der Waals surface area contributed by atoms with Crippen LogP contribution in [0.2, 0.25) is 0 Å². The van der Waals surface area contributed by atoms with Crippen molar-refractivity contribution in [3.8, 4) is 0 Å². The summed E-state index contributed by atoms with van der Waals surface area (Å²) in [4.78, 5) is 4.72. The Bertz CT molecular complexity index is 585. The van der Waals surface area contributed by atoms with Gasteiger partial charge in [-0.25, -0.2) is 0 Å². The number of aromatic nitrogens is 2. The summed E-state index contributed by atoms with van der Waals surface area (Å²) in [5.41, 5.74) is 1.29. The Morgan fingerprint density at radius 1 is 1.29 bits per heavy atom. The Kier molecular flexibility index (Phi) is 3.81. The number of benzene rings is 1. The minimum atomic E-state index is -0.00984. The molecule has 0 aliphatic heterocycles. The molecule has 0 bridgehead atoms. The van der Waals surface area contributed by atoms with Gasteiger partial charge in [-0.15, -0.1) is 0 Å². The van der Waals surface area contributed by atoms with Gasteiger partial charge in [-0.3, -0.25) is 0 Å². The molecule has 21 heavy (non-hydrogen) atoms. The van der Waals surface area contributed by atoms with E-state index in [4.69, 9.17) is 9.51 Å².